The molecule has 0 spiro atoms. The fraction of sp³-hybridized carbons (Fsp3) is 0.538. The molecule has 20 heavy (non-hydrogen) atoms. The van der Waals surface area contributed by atoms with Crippen molar-refractivity contribution in [3.05, 3.63) is 29.6 Å². The van der Waals surface area contributed by atoms with Crippen molar-refractivity contribution < 1.29 is 17.5 Å². The highest BCUT2D eigenvalue weighted by Gasteiger charge is 2.36. The van der Waals surface area contributed by atoms with Crippen LogP contribution in [0.4, 0.5) is 4.39 Å². The molecule has 0 radical (unpaired) electrons. The van der Waals surface area contributed by atoms with Gasteiger partial charge >= 0.3 is 0 Å². The van der Waals surface area contributed by atoms with Crippen LogP contribution in [0.3, 0.4) is 0 Å². The Bertz CT molecular complexity index is 585. The minimum absolute atomic E-state index is 0.116. The monoisotopic (exact) mass is 365 g/mol. The van der Waals surface area contributed by atoms with Gasteiger partial charge < -0.3 is 4.74 Å². The third-order valence-corrected chi connectivity index (χ3v) is 6.30. The summed E-state index contributed by atoms with van der Waals surface area (Å²) in [5, 5.41) is 0.517. The van der Waals surface area contributed by atoms with Gasteiger partial charge in [0.25, 0.3) is 0 Å². The Morgan fingerprint density at radius 2 is 2.05 bits per heavy atom. The molecule has 1 heterocycles. The molecular formula is C13H17BrFNO3S. The summed E-state index contributed by atoms with van der Waals surface area (Å²) in [5.74, 6) is -0.442. The average molecular weight is 366 g/mol. The molecule has 0 amide bonds. The summed E-state index contributed by atoms with van der Waals surface area (Å²) in [4.78, 5) is 0.116. The number of halogens is 2. The van der Waals surface area contributed by atoms with Crippen LogP contribution in [0.2, 0.25) is 0 Å². The summed E-state index contributed by atoms with van der Waals surface area (Å²) < 4.78 is 46.1. The molecule has 2 rings (SSSR count). The van der Waals surface area contributed by atoms with E-state index in [9.17, 15) is 12.8 Å². The maximum absolute atomic E-state index is 13.1. The Hall–Kier alpha value is -0.500. The van der Waals surface area contributed by atoms with E-state index in [0.29, 0.717) is 36.9 Å². The fourth-order valence-electron chi connectivity index (χ4n) is 2.28. The Morgan fingerprint density at radius 1 is 1.40 bits per heavy atom. The number of hydrogen-bond donors (Lipinski definition) is 1. The molecule has 1 aliphatic rings. The highest BCUT2D eigenvalue weighted by molar-refractivity contribution is 9.09. The Balaban J connectivity index is 2.30. The molecule has 1 saturated heterocycles. The second-order valence-corrected chi connectivity index (χ2v) is 7.25. The lowest BCUT2D eigenvalue weighted by Gasteiger charge is -2.36. The summed E-state index contributed by atoms with van der Waals surface area (Å²) in [6.45, 7) is 2.63. The summed E-state index contributed by atoms with van der Waals surface area (Å²) in [6, 6.07) is 3.68. The molecule has 1 aromatic rings. The first-order valence-corrected chi connectivity index (χ1v) is 8.93. The van der Waals surface area contributed by atoms with Gasteiger partial charge in [-0.15, -0.1) is 0 Å². The van der Waals surface area contributed by atoms with Crippen LogP contribution >= 0.6 is 15.9 Å². The van der Waals surface area contributed by atoms with Crippen molar-refractivity contribution in [2.75, 3.05) is 18.5 Å². The van der Waals surface area contributed by atoms with Gasteiger partial charge in [0.15, 0.2) is 0 Å². The molecule has 0 unspecified atom stereocenters. The first-order chi connectivity index (χ1) is 9.38. The van der Waals surface area contributed by atoms with E-state index in [1.165, 1.54) is 12.1 Å². The summed E-state index contributed by atoms with van der Waals surface area (Å²) >= 11 is 3.38. The van der Waals surface area contributed by atoms with E-state index in [1.54, 1.807) is 6.92 Å². The van der Waals surface area contributed by atoms with Crippen LogP contribution in [0.1, 0.15) is 18.4 Å². The largest absolute Gasteiger partial charge is 0.381 e. The minimum Gasteiger partial charge on any atom is -0.381 e. The predicted octanol–water partition coefficient (Wildman–Crippen LogP) is 2.36. The molecule has 4 nitrogen and oxygen atoms in total. The van der Waals surface area contributed by atoms with E-state index < -0.39 is 21.4 Å². The number of benzene rings is 1. The van der Waals surface area contributed by atoms with Gasteiger partial charge in [0.1, 0.15) is 5.82 Å². The first-order valence-electron chi connectivity index (χ1n) is 6.32. The minimum atomic E-state index is -3.68. The molecule has 0 aliphatic carbocycles. The normalized spacial score (nSPS) is 18.9. The van der Waals surface area contributed by atoms with Gasteiger partial charge in [0, 0.05) is 24.1 Å². The van der Waals surface area contributed by atoms with Crippen LogP contribution in [0.25, 0.3) is 0 Å². The SMILES string of the molecule is Cc1cc(F)ccc1S(=O)(=O)NC1(CBr)CCOCC1. The number of aryl methyl sites for hydroxylation is 1. The predicted molar refractivity (Wildman–Crippen MR) is 78.0 cm³/mol. The molecule has 1 aromatic carbocycles. The Labute approximate surface area is 126 Å². The van der Waals surface area contributed by atoms with E-state index in [-0.39, 0.29) is 4.90 Å². The van der Waals surface area contributed by atoms with Gasteiger partial charge in [-0.25, -0.2) is 17.5 Å². The topological polar surface area (TPSA) is 55.4 Å². The van der Waals surface area contributed by atoms with Gasteiger partial charge in [-0.3, -0.25) is 0 Å². The average Bonchev–Trinajstić information content (AvgIpc) is 2.38. The lowest BCUT2D eigenvalue weighted by Crippen LogP contribution is -2.53. The van der Waals surface area contributed by atoms with Crippen LogP contribution < -0.4 is 4.72 Å². The summed E-state index contributed by atoms with van der Waals surface area (Å²) in [6.07, 6.45) is 1.22. The third kappa shape index (κ3) is 3.39. The van der Waals surface area contributed by atoms with Crippen LogP contribution in [0.15, 0.2) is 23.1 Å². The van der Waals surface area contributed by atoms with Crippen molar-refractivity contribution in [1.82, 2.24) is 4.72 Å². The first kappa shape index (κ1) is 15.9. The van der Waals surface area contributed by atoms with E-state index in [4.69, 9.17) is 4.74 Å². The van der Waals surface area contributed by atoms with Crippen molar-refractivity contribution in [3.63, 3.8) is 0 Å². The van der Waals surface area contributed by atoms with Crippen molar-refractivity contribution in [2.24, 2.45) is 0 Å². The second-order valence-electron chi connectivity index (χ2n) is 5.04. The van der Waals surface area contributed by atoms with Gasteiger partial charge in [-0.1, -0.05) is 15.9 Å². The van der Waals surface area contributed by atoms with Crippen molar-refractivity contribution >= 4 is 26.0 Å². The molecule has 112 valence electrons. The Morgan fingerprint density at radius 3 is 2.60 bits per heavy atom. The van der Waals surface area contributed by atoms with Gasteiger partial charge in [-0.2, -0.15) is 0 Å². The number of nitrogens with one attached hydrogen (secondary N) is 1. The molecule has 0 saturated carbocycles. The van der Waals surface area contributed by atoms with E-state index >= 15 is 0 Å². The second kappa shape index (κ2) is 6.09. The van der Waals surface area contributed by atoms with Crippen molar-refractivity contribution in [2.45, 2.75) is 30.2 Å². The number of rotatable bonds is 4. The lowest BCUT2D eigenvalue weighted by molar-refractivity contribution is 0.0557. The van der Waals surface area contributed by atoms with Crippen LogP contribution in [0.5, 0.6) is 0 Å². The highest BCUT2D eigenvalue weighted by Crippen LogP contribution is 2.26. The lowest BCUT2D eigenvalue weighted by atomic mass is 9.94. The number of sulfonamides is 1. The Kier molecular flexibility index (Phi) is 4.84. The fourth-order valence-corrected chi connectivity index (χ4v) is 4.85. The van der Waals surface area contributed by atoms with Crippen LogP contribution in [0, 0.1) is 12.7 Å². The zero-order valence-corrected chi connectivity index (χ0v) is 13.6. The van der Waals surface area contributed by atoms with Gasteiger partial charge in [0.2, 0.25) is 10.0 Å². The molecule has 1 N–H and O–H groups in total. The molecule has 0 aromatic heterocycles. The maximum Gasteiger partial charge on any atom is 0.241 e. The summed E-state index contributed by atoms with van der Waals surface area (Å²) in [5.41, 5.74) is -0.146. The van der Waals surface area contributed by atoms with E-state index in [1.807, 2.05) is 0 Å². The number of hydrogen-bond acceptors (Lipinski definition) is 3. The van der Waals surface area contributed by atoms with E-state index in [0.717, 1.165) is 6.07 Å². The van der Waals surface area contributed by atoms with Gasteiger partial charge in [0.05, 0.1) is 4.90 Å². The molecule has 0 atom stereocenters. The van der Waals surface area contributed by atoms with E-state index in [2.05, 4.69) is 20.7 Å². The molecule has 1 fully saturated rings. The van der Waals surface area contributed by atoms with Crippen molar-refractivity contribution in [3.8, 4) is 0 Å². The van der Waals surface area contributed by atoms with Crippen LogP contribution in [-0.4, -0.2) is 32.5 Å². The third-order valence-electron chi connectivity index (χ3n) is 3.48. The number of alkyl halides is 1. The standard InChI is InChI=1S/C13H17BrFNO3S/c1-10-8-11(15)2-3-12(10)20(17,18)16-13(9-14)4-6-19-7-5-13/h2-3,8,16H,4-7,9H2,1H3. The van der Waals surface area contributed by atoms with Crippen molar-refractivity contribution in [1.29, 1.82) is 0 Å². The molecule has 1 aliphatic heterocycles. The molecule has 0 bridgehead atoms. The maximum atomic E-state index is 13.1. The zero-order valence-electron chi connectivity index (χ0n) is 11.2. The highest BCUT2D eigenvalue weighted by atomic mass is 79.9. The zero-order chi connectivity index (χ0) is 14.8. The van der Waals surface area contributed by atoms with Crippen LogP contribution in [-0.2, 0) is 14.8 Å². The summed E-state index contributed by atoms with van der Waals surface area (Å²) in [7, 11) is -3.68. The molecule has 7 heteroatoms. The van der Waals surface area contributed by atoms with Gasteiger partial charge in [-0.05, 0) is 43.5 Å². The number of ether oxygens (including phenoxy) is 1. The molecular weight excluding hydrogens is 349 g/mol. The quantitative estimate of drug-likeness (QED) is 0.833. The smallest absolute Gasteiger partial charge is 0.241 e.